The normalized spacial score (nSPS) is 15.9. The molecule has 0 aliphatic carbocycles. The van der Waals surface area contributed by atoms with Crippen molar-refractivity contribution in [3.05, 3.63) is 126 Å². The molecule has 1 fully saturated rings. The van der Waals surface area contributed by atoms with Crippen LogP contribution in [-0.4, -0.2) is 13.2 Å². The van der Waals surface area contributed by atoms with Crippen molar-refractivity contribution in [2.75, 3.05) is 13.2 Å². The average Bonchev–Trinajstić information content (AvgIpc) is 3.23. The first-order chi connectivity index (χ1) is 14.8. The summed E-state index contributed by atoms with van der Waals surface area (Å²) in [6, 6.07) is 32.6. The molecule has 0 unspecified atom stereocenters. The summed E-state index contributed by atoms with van der Waals surface area (Å²) in [7, 11) is -2.10. The van der Waals surface area contributed by atoms with Crippen LogP contribution in [0.25, 0.3) is 0 Å². The van der Waals surface area contributed by atoms with Crippen molar-refractivity contribution >= 4 is 23.2 Å². The Hall–Kier alpha value is -2.31. The van der Waals surface area contributed by atoms with E-state index in [4.69, 9.17) is 4.74 Å². The van der Waals surface area contributed by atoms with Crippen molar-refractivity contribution < 1.29 is 22.7 Å². The van der Waals surface area contributed by atoms with E-state index in [9.17, 15) is 0 Å². The molecule has 0 bridgehead atoms. The summed E-state index contributed by atoms with van der Waals surface area (Å²) in [5.41, 5.74) is 2.23. The molecule has 1 saturated heterocycles. The fraction of sp³-hybridized carbons (Fsp3) is 0.0741. The second-order valence-electron chi connectivity index (χ2n) is 7.11. The van der Waals surface area contributed by atoms with Gasteiger partial charge in [0.15, 0.2) is 0 Å². The van der Waals surface area contributed by atoms with E-state index < -0.39 is 7.26 Å². The first kappa shape index (κ1) is 20.9. The van der Waals surface area contributed by atoms with Gasteiger partial charge in [0, 0.05) is 0 Å². The molecule has 1 heterocycles. The summed E-state index contributed by atoms with van der Waals surface area (Å²) in [5, 5.41) is 5.20. The molecule has 1 aliphatic rings. The summed E-state index contributed by atoms with van der Waals surface area (Å²) in [6.07, 6.45) is 4.41. The maximum absolute atomic E-state index is 5.57. The molecule has 149 valence electrons. The van der Waals surface area contributed by atoms with Gasteiger partial charge in [0.1, 0.15) is 0 Å². The van der Waals surface area contributed by atoms with Gasteiger partial charge in [-0.1, -0.05) is 0 Å². The van der Waals surface area contributed by atoms with Crippen LogP contribution in [0.15, 0.2) is 126 Å². The molecule has 3 heteroatoms. The maximum atomic E-state index is 5.57. The van der Waals surface area contributed by atoms with E-state index in [0.717, 1.165) is 5.57 Å². The Bertz CT molecular complexity index is 1030. The number of rotatable bonds is 5. The monoisotopic (exact) mass is 586 g/mol. The molecule has 30 heavy (non-hydrogen) atoms. The predicted octanol–water partition coefficient (Wildman–Crippen LogP) is 4.88. The second-order valence-corrected chi connectivity index (χ2v) is 11.1. The topological polar surface area (TPSA) is 9.23 Å². The van der Waals surface area contributed by atoms with Crippen LogP contribution in [0.4, 0.5) is 0 Å². The Labute approximate surface area is 189 Å². The first-order valence-electron chi connectivity index (χ1n) is 9.85. The van der Waals surface area contributed by atoms with E-state index in [1.165, 1.54) is 26.8 Å². The summed E-state index contributed by atoms with van der Waals surface area (Å²) in [4.78, 5) is 0. The minimum atomic E-state index is -2.10. The van der Waals surface area contributed by atoms with Crippen molar-refractivity contribution in [2.24, 2.45) is 0 Å². The predicted molar refractivity (Wildman–Crippen MR) is 125 cm³/mol. The van der Waals surface area contributed by atoms with Gasteiger partial charge in [-0.15, -0.1) is 0 Å². The van der Waals surface area contributed by atoms with Crippen molar-refractivity contribution in [1.82, 2.24) is 0 Å². The number of benzene rings is 3. The molecule has 0 radical (unpaired) electrons. The third kappa shape index (κ3) is 3.98. The van der Waals surface area contributed by atoms with Gasteiger partial charge in [-0.05, 0) is 0 Å². The number of hydrogen-bond donors (Lipinski definition) is 0. The van der Waals surface area contributed by atoms with E-state index in [0.29, 0.717) is 13.2 Å². The molecule has 4 rings (SSSR count). The zero-order chi connectivity index (χ0) is 20.8. The summed E-state index contributed by atoms with van der Waals surface area (Å²) in [5.74, 6) is 0. The van der Waals surface area contributed by atoms with E-state index in [1.54, 1.807) is 17.9 Å². The fourth-order valence-corrected chi connectivity index (χ4v) is 9.34. The van der Waals surface area contributed by atoms with Gasteiger partial charge in [0.2, 0.25) is 0 Å². The van der Waals surface area contributed by atoms with Gasteiger partial charge in [-0.25, -0.2) is 0 Å². The molecule has 0 aromatic heterocycles. The molecule has 3 aromatic rings. The Kier molecular flexibility index (Phi) is 6.74. The Morgan fingerprint density at radius 2 is 1.27 bits per heavy atom. The SMILES string of the molecule is C=C1COCC1=CC=C([C]#[Os])[P+](c1ccccc1)(c1ccccc1)c1ccccc1. The van der Waals surface area contributed by atoms with Gasteiger partial charge in [0.25, 0.3) is 0 Å². The molecule has 0 spiro atoms. The molecule has 0 saturated carbocycles. The van der Waals surface area contributed by atoms with Crippen LogP contribution < -0.4 is 15.9 Å². The van der Waals surface area contributed by atoms with Crippen LogP contribution >= 0.6 is 7.26 Å². The average molecular weight is 585 g/mol. The summed E-state index contributed by atoms with van der Waals surface area (Å²) >= 11 is 1.79. The number of hydrogen-bond acceptors (Lipinski definition) is 1. The summed E-state index contributed by atoms with van der Waals surface area (Å²) < 4.78 is 9.17. The van der Waals surface area contributed by atoms with E-state index in [-0.39, 0.29) is 0 Å². The van der Waals surface area contributed by atoms with Crippen LogP contribution in [0.1, 0.15) is 0 Å². The molecule has 1 nitrogen and oxygen atoms in total. The third-order valence-electron chi connectivity index (χ3n) is 5.31. The van der Waals surface area contributed by atoms with Crippen LogP contribution in [0.5, 0.6) is 0 Å². The molecule has 3 aromatic carbocycles. The Morgan fingerprint density at radius 1 is 0.800 bits per heavy atom. The standard InChI is InChI=1S/C27H23OP.Os/c1-22-20-28-21-24(22)19-18-23(2)29(25-12-6-3-7-13-25,26-14-8-4-9-15-26)27-16-10-5-11-17-27;/h3-19H,1,20-21H2;/q+1;. The van der Waals surface area contributed by atoms with Crippen molar-refractivity contribution in [3.63, 3.8) is 0 Å². The van der Waals surface area contributed by atoms with Gasteiger partial charge in [0.05, 0.1) is 0 Å². The van der Waals surface area contributed by atoms with Crippen LogP contribution in [-0.2, 0) is 22.7 Å². The van der Waals surface area contributed by atoms with Crippen LogP contribution in [0, 0.1) is 4.37 Å². The van der Waals surface area contributed by atoms with E-state index >= 15 is 0 Å². The van der Waals surface area contributed by atoms with Gasteiger partial charge in [-0.3, -0.25) is 0 Å². The van der Waals surface area contributed by atoms with Gasteiger partial charge in [-0.2, -0.15) is 0 Å². The zero-order valence-corrected chi connectivity index (χ0v) is 20.1. The quantitative estimate of drug-likeness (QED) is 0.389. The zero-order valence-electron chi connectivity index (χ0n) is 16.6. The molecule has 0 atom stereocenters. The summed E-state index contributed by atoms with van der Waals surface area (Å²) in [6.45, 7) is 5.39. The molecule has 1 aliphatic heterocycles. The first-order valence-corrected chi connectivity index (χ1v) is 12.9. The van der Waals surface area contributed by atoms with E-state index in [1.807, 2.05) is 0 Å². The van der Waals surface area contributed by atoms with Crippen LogP contribution in [0.2, 0.25) is 0 Å². The molecule has 0 amide bonds. The minimum absolute atomic E-state index is 0.618. The third-order valence-corrected chi connectivity index (χ3v) is 10.7. The molecule has 0 N–H and O–H groups in total. The van der Waals surface area contributed by atoms with Gasteiger partial charge >= 0.3 is 190 Å². The van der Waals surface area contributed by atoms with Gasteiger partial charge < -0.3 is 0 Å². The molecular formula is C27H23OOsP+. The Morgan fingerprint density at radius 3 is 1.63 bits per heavy atom. The Balaban J connectivity index is 2.04. The van der Waals surface area contributed by atoms with Crippen LogP contribution in [0.3, 0.4) is 0 Å². The molecular weight excluding hydrogens is 562 g/mol. The van der Waals surface area contributed by atoms with Crippen molar-refractivity contribution in [1.29, 1.82) is 0 Å². The van der Waals surface area contributed by atoms with E-state index in [2.05, 4.69) is 114 Å². The second kappa shape index (κ2) is 9.66. The van der Waals surface area contributed by atoms with Crippen molar-refractivity contribution in [3.8, 4) is 4.37 Å². The van der Waals surface area contributed by atoms with Crippen molar-refractivity contribution in [2.45, 2.75) is 0 Å². The number of allylic oxidation sites excluding steroid dienone is 3. The number of ether oxygens (including phenoxy) is 1. The fourth-order valence-electron chi connectivity index (χ4n) is 3.84.